The Kier molecular flexibility index (Phi) is 6.09. The zero-order valence-electron chi connectivity index (χ0n) is 11.8. The first-order valence-corrected chi connectivity index (χ1v) is 6.64. The third-order valence-electron chi connectivity index (χ3n) is 3.18. The second kappa shape index (κ2) is 7.34. The van der Waals surface area contributed by atoms with Crippen molar-refractivity contribution in [2.24, 2.45) is 0 Å². The summed E-state index contributed by atoms with van der Waals surface area (Å²) in [6, 6.07) is 4.81. The predicted octanol–water partition coefficient (Wildman–Crippen LogP) is 1.96. The van der Waals surface area contributed by atoms with Crippen LogP contribution in [0.4, 0.5) is 5.69 Å². The first kappa shape index (κ1) is 14.9. The summed E-state index contributed by atoms with van der Waals surface area (Å²) in [5.74, 6) is 0. The van der Waals surface area contributed by atoms with Gasteiger partial charge in [-0.05, 0) is 39.4 Å². The standard InChI is InChI=1S/C14H25N3O/c1-5-13(15-4)14-7-6-12(10-16-14)17(8-9-18)11(2)3/h6-7,10-11,13,15,18H,5,8-9H2,1-4H3. The van der Waals surface area contributed by atoms with Gasteiger partial charge in [0.2, 0.25) is 0 Å². The molecule has 1 aromatic heterocycles. The summed E-state index contributed by atoms with van der Waals surface area (Å²) >= 11 is 0. The molecule has 0 aliphatic carbocycles. The molecule has 0 fully saturated rings. The van der Waals surface area contributed by atoms with Crippen LogP contribution in [-0.2, 0) is 0 Å². The van der Waals surface area contributed by atoms with E-state index in [1.54, 1.807) is 0 Å². The van der Waals surface area contributed by atoms with E-state index in [2.05, 4.69) is 48.1 Å². The minimum atomic E-state index is 0.161. The van der Waals surface area contributed by atoms with E-state index in [0.29, 0.717) is 18.6 Å². The number of anilines is 1. The lowest BCUT2D eigenvalue weighted by atomic mass is 10.1. The van der Waals surface area contributed by atoms with Crippen molar-refractivity contribution < 1.29 is 5.11 Å². The molecule has 0 radical (unpaired) electrons. The maximum absolute atomic E-state index is 9.09. The summed E-state index contributed by atoms with van der Waals surface area (Å²) in [7, 11) is 1.95. The van der Waals surface area contributed by atoms with E-state index < -0.39 is 0 Å². The molecule has 1 heterocycles. The van der Waals surface area contributed by atoms with Gasteiger partial charge in [0.15, 0.2) is 0 Å². The van der Waals surface area contributed by atoms with Gasteiger partial charge in [-0.3, -0.25) is 4.98 Å². The van der Waals surface area contributed by atoms with Gasteiger partial charge in [-0.15, -0.1) is 0 Å². The smallest absolute Gasteiger partial charge is 0.0606 e. The molecule has 0 amide bonds. The molecule has 18 heavy (non-hydrogen) atoms. The Bertz CT molecular complexity index is 333. The van der Waals surface area contributed by atoms with Gasteiger partial charge >= 0.3 is 0 Å². The molecular formula is C14H25N3O. The number of nitrogens with one attached hydrogen (secondary N) is 1. The summed E-state index contributed by atoms with van der Waals surface area (Å²) in [6.45, 7) is 7.18. The number of aromatic nitrogens is 1. The van der Waals surface area contributed by atoms with Crippen molar-refractivity contribution in [3.63, 3.8) is 0 Å². The minimum absolute atomic E-state index is 0.161. The van der Waals surface area contributed by atoms with Gasteiger partial charge < -0.3 is 15.3 Å². The van der Waals surface area contributed by atoms with Gasteiger partial charge in [0.05, 0.1) is 24.2 Å². The van der Waals surface area contributed by atoms with E-state index >= 15 is 0 Å². The lowest BCUT2D eigenvalue weighted by Gasteiger charge is -2.28. The number of aliphatic hydroxyl groups is 1. The lowest BCUT2D eigenvalue weighted by molar-refractivity contribution is 0.299. The van der Waals surface area contributed by atoms with Crippen molar-refractivity contribution in [3.05, 3.63) is 24.0 Å². The molecule has 2 N–H and O–H groups in total. The maximum Gasteiger partial charge on any atom is 0.0606 e. The average molecular weight is 251 g/mol. The van der Waals surface area contributed by atoms with Crippen LogP contribution in [0.15, 0.2) is 18.3 Å². The van der Waals surface area contributed by atoms with Crippen molar-refractivity contribution in [3.8, 4) is 0 Å². The normalized spacial score (nSPS) is 12.8. The first-order chi connectivity index (χ1) is 8.63. The molecule has 0 bridgehead atoms. The van der Waals surface area contributed by atoms with Crippen molar-refractivity contribution >= 4 is 5.69 Å². The molecule has 1 atom stereocenters. The molecule has 0 aromatic carbocycles. The zero-order chi connectivity index (χ0) is 13.5. The van der Waals surface area contributed by atoms with Crippen molar-refractivity contribution in [1.29, 1.82) is 0 Å². The molecule has 4 nitrogen and oxygen atoms in total. The number of aliphatic hydroxyl groups excluding tert-OH is 1. The van der Waals surface area contributed by atoms with Crippen LogP contribution in [-0.4, -0.2) is 36.3 Å². The van der Waals surface area contributed by atoms with Crippen LogP contribution in [0.1, 0.15) is 38.9 Å². The molecule has 0 spiro atoms. The zero-order valence-corrected chi connectivity index (χ0v) is 11.8. The van der Waals surface area contributed by atoms with Crippen LogP contribution in [0.2, 0.25) is 0 Å². The van der Waals surface area contributed by atoms with Crippen molar-refractivity contribution in [2.45, 2.75) is 39.3 Å². The Hall–Kier alpha value is -1.13. The second-order valence-electron chi connectivity index (χ2n) is 4.70. The molecule has 0 aliphatic heterocycles. The quantitative estimate of drug-likeness (QED) is 0.778. The molecule has 1 rings (SSSR count). The predicted molar refractivity (Wildman–Crippen MR) is 75.9 cm³/mol. The molecular weight excluding hydrogens is 226 g/mol. The number of hydrogen-bond acceptors (Lipinski definition) is 4. The Morgan fingerprint density at radius 3 is 2.50 bits per heavy atom. The van der Waals surface area contributed by atoms with Gasteiger partial charge in [-0.1, -0.05) is 6.92 Å². The van der Waals surface area contributed by atoms with Crippen molar-refractivity contribution in [2.75, 3.05) is 25.1 Å². The van der Waals surface area contributed by atoms with Crippen molar-refractivity contribution in [1.82, 2.24) is 10.3 Å². The fourth-order valence-electron chi connectivity index (χ4n) is 2.13. The first-order valence-electron chi connectivity index (χ1n) is 6.64. The summed E-state index contributed by atoms with van der Waals surface area (Å²) in [5, 5.41) is 12.3. The lowest BCUT2D eigenvalue weighted by Crippen LogP contribution is -2.33. The number of nitrogens with zero attached hydrogens (tertiary/aromatic N) is 2. The summed E-state index contributed by atoms with van der Waals surface area (Å²) in [4.78, 5) is 6.67. The highest BCUT2D eigenvalue weighted by atomic mass is 16.3. The fraction of sp³-hybridized carbons (Fsp3) is 0.643. The van der Waals surface area contributed by atoms with Crippen LogP contribution in [0, 0.1) is 0 Å². The molecule has 1 aromatic rings. The van der Waals surface area contributed by atoms with Crippen LogP contribution < -0.4 is 10.2 Å². The van der Waals surface area contributed by atoms with E-state index in [1.807, 2.05) is 13.2 Å². The summed E-state index contributed by atoms with van der Waals surface area (Å²) < 4.78 is 0. The Balaban J connectivity index is 2.86. The highest BCUT2D eigenvalue weighted by Gasteiger charge is 2.12. The Morgan fingerprint density at radius 1 is 1.39 bits per heavy atom. The largest absolute Gasteiger partial charge is 0.395 e. The monoisotopic (exact) mass is 251 g/mol. The Labute approximate surface area is 110 Å². The van der Waals surface area contributed by atoms with E-state index in [9.17, 15) is 0 Å². The van der Waals surface area contributed by atoms with Gasteiger partial charge in [0.25, 0.3) is 0 Å². The van der Waals surface area contributed by atoms with Gasteiger partial charge in [0, 0.05) is 18.6 Å². The molecule has 0 saturated carbocycles. The van der Waals surface area contributed by atoms with Gasteiger partial charge in [0.1, 0.15) is 0 Å². The van der Waals surface area contributed by atoms with E-state index in [0.717, 1.165) is 17.8 Å². The van der Waals surface area contributed by atoms with Crippen LogP contribution in [0.5, 0.6) is 0 Å². The highest BCUT2D eigenvalue weighted by Crippen LogP contribution is 2.19. The maximum atomic E-state index is 9.09. The third-order valence-corrected chi connectivity index (χ3v) is 3.18. The van der Waals surface area contributed by atoms with Gasteiger partial charge in [-0.2, -0.15) is 0 Å². The van der Waals surface area contributed by atoms with Crippen LogP contribution >= 0.6 is 0 Å². The molecule has 102 valence electrons. The summed E-state index contributed by atoms with van der Waals surface area (Å²) in [5.41, 5.74) is 2.13. The van der Waals surface area contributed by atoms with E-state index in [4.69, 9.17) is 5.11 Å². The highest BCUT2D eigenvalue weighted by molar-refractivity contribution is 5.45. The summed E-state index contributed by atoms with van der Waals surface area (Å²) in [6.07, 6.45) is 2.92. The van der Waals surface area contributed by atoms with E-state index in [-0.39, 0.29) is 6.61 Å². The second-order valence-corrected chi connectivity index (χ2v) is 4.70. The molecule has 1 unspecified atom stereocenters. The Morgan fingerprint density at radius 2 is 2.11 bits per heavy atom. The molecule has 4 heteroatoms. The van der Waals surface area contributed by atoms with Crippen LogP contribution in [0.3, 0.4) is 0 Å². The topological polar surface area (TPSA) is 48.4 Å². The fourth-order valence-corrected chi connectivity index (χ4v) is 2.13. The van der Waals surface area contributed by atoms with E-state index in [1.165, 1.54) is 0 Å². The molecule has 0 aliphatic rings. The number of pyridine rings is 1. The number of hydrogen-bond donors (Lipinski definition) is 2. The minimum Gasteiger partial charge on any atom is -0.395 e. The SMILES string of the molecule is CCC(NC)c1ccc(N(CCO)C(C)C)cn1. The van der Waals surface area contributed by atoms with Gasteiger partial charge in [-0.25, -0.2) is 0 Å². The molecule has 0 saturated heterocycles. The number of rotatable bonds is 7. The third kappa shape index (κ3) is 3.68. The average Bonchev–Trinajstić information content (AvgIpc) is 2.38. The van der Waals surface area contributed by atoms with Crippen LogP contribution in [0.25, 0.3) is 0 Å².